The number of fused-ring (bicyclic) bond motifs is 2. The van der Waals surface area contributed by atoms with Crippen molar-refractivity contribution in [3.8, 4) is 0 Å². The van der Waals surface area contributed by atoms with Crippen LogP contribution < -0.4 is 10.6 Å². The van der Waals surface area contributed by atoms with Crippen molar-refractivity contribution < 1.29 is 4.74 Å². The van der Waals surface area contributed by atoms with Crippen LogP contribution in [-0.4, -0.2) is 61.8 Å². The zero-order valence-electron chi connectivity index (χ0n) is 19.1. The predicted octanol–water partition coefficient (Wildman–Crippen LogP) is 4.21. The molecule has 2 N–H and O–H groups in total. The van der Waals surface area contributed by atoms with Gasteiger partial charge in [-0.1, -0.05) is 30.3 Å². The molecule has 0 spiro atoms. The first-order valence-electron chi connectivity index (χ1n) is 12.3. The lowest BCUT2D eigenvalue weighted by molar-refractivity contribution is 0.0992. The summed E-state index contributed by atoms with van der Waals surface area (Å²) in [5, 5.41) is 7.02. The zero-order valence-corrected chi connectivity index (χ0v) is 21.4. The van der Waals surface area contributed by atoms with Gasteiger partial charge in [-0.25, -0.2) is 0 Å². The maximum absolute atomic E-state index is 5.96. The van der Waals surface area contributed by atoms with Crippen LogP contribution in [0.3, 0.4) is 0 Å². The van der Waals surface area contributed by atoms with E-state index in [1.54, 1.807) is 0 Å². The fraction of sp³-hybridized carbons (Fsp3) is 0.720. The van der Waals surface area contributed by atoms with Crippen LogP contribution >= 0.6 is 24.0 Å². The fourth-order valence-corrected chi connectivity index (χ4v) is 5.29. The van der Waals surface area contributed by atoms with Crippen LogP contribution in [0.5, 0.6) is 0 Å². The Hall–Kier alpha value is -0.860. The van der Waals surface area contributed by atoms with Crippen molar-refractivity contribution in [2.75, 3.05) is 32.7 Å². The topological polar surface area (TPSA) is 48.9 Å². The van der Waals surface area contributed by atoms with Crippen LogP contribution in [0.15, 0.2) is 35.3 Å². The van der Waals surface area contributed by atoms with Gasteiger partial charge in [-0.15, -0.1) is 24.0 Å². The number of piperidine rings is 1. The molecule has 0 aliphatic carbocycles. The van der Waals surface area contributed by atoms with Crippen LogP contribution in [-0.2, 0) is 11.2 Å². The Bertz CT molecular complexity index is 663. The van der Waals surface area contributed by atoms with E-state index < -0.39 is 0 Å². The SMILES string of the molecule is CCNC(=NCCCCN1CCC(Cc2ccccc2)CC1)NC1CC2CCC1O2.I. The smallest absolute Gasteiger partial charge is 0.191 e. The Morgan fingerprint density at radius 1 is 1.10 bits per heavy atom. The number of rotatable bonds is 9. The van der Waals surface area contributed by atoms with Gasteiger partial charge in [-0.05, 0) is 89.4 Å². The highest BCUT2D eigenvalue weighted by molar-refractivity contribution is 14.0. The number of ether oxygens (including phenoxy) is 1. The molecule has 1 aromatic rings. The molecule has 3 heterocycles. The molecular weight excluding hydrogens is 499 g/mol. The van der Waals surface area contributed by atoms with Gasteiger partial charge in [0.05, 0.1) is 18.2 Å². The minimum absolute atomic E-state index is 0. The van der Waals surface area contributed by atoms with E-state index in [4.69, 9.17) is 9.73 Å². The van der Waals surface area contributed by atoms with E-state index in [0.717, 1.165) is 37.8 Å². The quantitative estimate of drug-likeness (QED) is 0.213. The molecule has 3 aliphatic rings. The van der Waals surface area contributed by atoms with Gasteiger partial charge in [-0.3, -0.25) is 4.99 Å². The van der Waals surface area contributed by atoms with Gasteiger partial charge < -0.3 is 20.3 Å². The number of unbranched alkanes of at least 4 members (excludes halogenated alkanes) is 1. The van der Waals surface area contributed by atoms with Gasteiger partial charge in [0.15, 0.2) is 5.96 Å². The second-order valence-electron chi connectivity index (χ2n) is 9.30. The molecule has 174 valence electrons. The highest BCUT2D eigenvalue weighted by Gasteiger charge is 2.41. The molecule has 0 saturated carbocycles. The maximum Gasteiger partial charge on any atom is 0.191 e. The van der Waals surface area contributed by atoms with Crippen molar-refractivity contribution in [3.05, 3.63) is 35.9 Å². The monoisotopic (exact) mass is 540 g/mol. The molecule has 5 nitrogen and oxygen atoms in total. The van der Waals surface area contributed by atoms with Crippen molar-refractivity contribution in [2.24, 2.45) is 10.9 Å². The summed E-state index contributed by atoms with van der Waals surface area (Å²) in [5.74, 6) is 1.83. The molecule has 3 saturated heterocycles. The largest absolute Gasteiger partial charge is 0.373 e. The third kappa shape index (κ3) is 7.60. The number of halogens is 1. The standard InChI is InChI=1S/C25H40N4O.HI/c1-2-26-25(28-23-19-22-10-11-24(23)30-22)27-14-6-7-15-29-16-12-21(13-17-29)18-20-8-4-3-5-9-20;/h3-5,8-9,21-24H,2,6-7,10-19H2,1H3,(H2,26,27,28);1H. The lowest BCUT2D eigenvalue weighted by Gasteiger charge is -2.32. The third-order valence-electron chi connectivity index (χ3n) is 7.00. The van der Waals surface area contributed by atoms with E-state index in [1.807, 2.05) is 0 Å². The zero-order chi connectivity index (χ0) is 20.6. The summed E-state index contributed by atoms with van der Waals surface area (Å²) in [6.07, 6.45) is 10.8. The lowest BCUT2D eigenvalue weighted by atomic mass is 9.90. The Morgan fingerprint density at radius 2 is 1.90 bits per heavy atom. The van der Waals surface area contributed by atoms with Crippen molar-refractivity contribution in [1.82, 2.24) is 15.5 Å². The van der Waals surface area contributed by atoms with Gasteiger partial charge in [0.1, 0.15) is 0 Å². The molecule has 3 fully saturated rings. The first-order valence-corrected chi connectivity index (χ1v) is 12.3. The molecule has 4 rings (SSSR count). The number of hydrogen-bond donors (Lipinski definition) is 2. The number of likely N-dealkylation sites (tertiary alicyclic amines) is 1. The van der Waals surface area contributed by atoms with E-state index in [-0.39, 0.29) is 24.0 Å². The van der Waals surface area contributed by atoms with E-state index in [1.165, 1.54) is 63.7 Å². The van der Waals surface area contributed by atoms with Crippen LogP contribution in [0.4, 0.5) is 0 Å². The summed E-state index contributed by atoms with van der Waals surface area (Å²) < 4.78 is 5.96. The summed E-state index contributed by atoms with van der Waals surface area (Å²) in [6.45, 7) is 7.69. The van der Waals surface area contributed by atoms with Gasteiger partial charge >= 0.3 is 0 Å². The number of benzene rings is 1. The number of hydrogen-bond acceptors (Lipinski definition) is 3. The molecule has 0 radical (unpaired) electrons. The molecule has 0 aromatic heterocycles. The van der Waals surface area contributed by atoms with Crippen LogP contribution in [0.1, 0.15) is 57.4 Å². The van der Waals surface area contributed by atoms with Gasteiger partial charge in [0.2, 0.25) is 0 Å². The molecule has 0 amide bonds. The Balaban J connectivity index is 0.00000272. The molecule has 3 aliphatic heterocycles. The minimum atomic E-state index is 0. The van der Waals surface area contributed by atoms with E-state index in [9.17, 15) is 0 Å². The fourth-order valence-electron chi connectivity index (χ4n) is 5.29. The average Bonchev–Trinajstić information content (AvgIpc) is 3.39. The Labute approximate surface area is 205 Å². The van der Waals surface area contributed by atoms with Crippen LogP contribution in [0, 0.1) is 5.92 Å². The van der Waals surface area contributed by atoms with Crippen molar-refractivity contribution >= 4 is 29.9 Å². The van der Waals surface area contributed by atoms with Crippen LogP contribution in [0.2, 0.25) is 0 Å². The Morgan fingerprint density at radius 3 is 2.58 bits per heavy atom. The summed E-state index contributed by atoms with van der Waals surface area (Å²) in [5.41, 5.74) is 1.50. The number of nitrogens with one attached hydrogen (secondary N) is 2. The molecule has 1 aromatic carbocycles. The minimum Gasteiger partial charge on any atom is -0.373 e. The first-order chi connectivity index (χ1) is 14.8. The lowest BCUT2D eigenvalue weighted by Crippen LogP contribution is -2.47. The molecule has 3 atom stereocenters. The van der Waals surface area contributed by atoms with Gasteiger partial charge in [-0.2, -0.15) is 0 Å². The van der Waals surface area contributed by atoms with Crippen molar-refractivity contribution in [3.63, 3.8) is 0 Å². The molecule has 2 bridgehead atoms. The third-order valence-corrected chi connectivity index (χ3v) is 7.00. The van der Waals surface area contributed by atoms with E-state index >= 15 is 0 Å². The Kier molecular flexibility index (Phi) is 10.4. The summed E-state index contributed by atoms with van der Waals surface area (Å²) >= 11 is 0. The molecule has 3 unspecified atom stereocenters. The first kappa shape index (κ1) is 24.8. The molecular formula is C25H41IN4O. The van der Waals surface area contributed by atoms with Gasteiger partial charge in [0, 0.05) is 13.1 Å². The number of aliphatic imine (C=N–C) groups is 1. The molecule has 31 heavy (non-hydrogen) atoms. The highest BCUT2D eigenvalue weighted by Crippen LogP contribution is 2.34. The number of nitrogens with zero attached hydrogens (tertiary/aromatic N) is 2. The van der Waals surface area contributed by atoms with E-state index in [0.29, 0.717) is 18.2 Å². The normalized spacial score (nSPS) is 26.6. The molecule has 6 heteroatoms. The van der Waals surface area contributed by atoms with Gasteiger partial charge in [0.25, 0.3) is 0 Å². The summed E-state index contributed by atoms with van der Waals surface area (Å²) in [7, 11) is 0. The summed E-state index contributed by atoms with van der Waals surface area (Å²) in [6, 6.07) is 11.4. The van der Waals surface area contributed by atoms with E-state index in [2.05, 4.69) is 52.8 Å². The maximum atomic E-state index is 5.96. The second kappa shape index (κ2) is 13.0. The van der Waals surface area contributed by atoms with Crippen LogP contribution in [0.25, 0.3) is 0 Å². The average molecular weight is 541 g/mol. The highest BCUT2D eigenvalue weighted by atomic mass is 127. The van der Waals surface area contributed by atoms with Crippen molar-refractivity contribution in [2.45, 2.75) is 76.5 Å². The summed E-state index contributed by atoms with van der Waals surface area (Å²) in [4.78, 5) is 7.48. The second-order valence-corrected chi connectivity index (χ2v) is 9.30. The number of guanidine groups is 1. The van der Waals surface area contributed by atoms with Crippen molar-refractivity contribution in [1.29, 1.82) is 0 Å². The predicted molar refractivity (Wildman–Crippen MR) is 139 cm³/mol.